The zero-order valence-corrected chi connectivity index (χ0v) is 19.1. The molecule has 1 N–H and O–H groups in total. The minimum absolute atomic E-state index is 0.0817. The van der Waals surface area contributed by atoms with E-state index in [2.05, 4.69) is 20.9 Å². The Labute approximate surface area is 183 Å². The Morgan fingerprint density at radius 3 is 2.37 bits per heavy atom. The summed E-state index contributed by atoms with van der Waals surface area (Å²) < 4.78 is 11.1. The van der Waals surface area contributed by atoms with Crippen molar-refractivity contribution >= 4 is 39.2 Å². The molecule has 0 bridgehead atoms. The Morgan fingerprint density at radius 2 is 1.80 bits per heavy atom. The number of H-pyrrole nitrogens is 1. The van der Waals surface area contributed by atoms with Gasteiger partial charge in [0.2, 0.25) is 5.78 Å². The summed E-state index contributed by atoms with van der Waals surface area (Å²) in [5.74, 6) is -1.10. The highest BCUT2D eigenvalue weighted by Gasteiger charge is 2.26. The highest BCUT2D eigenvalue weighted by molar-refractivity contribution is 9.10. The maximum Gasteiger partial charge on any atom is 0.306 e. The quantitative estimate of drug-likeness (QED) is 0.424. The van der Waals surface area contributed by atoms with Gasteiger partial charge in [-0.1, -0.05) is 15.9 Å². The van der Waals surface area contributed by atoms with E-state index in [0.29, 0.717) is 28.1 Å². The van der Waals surface area contributed by atoms with Gasteiger partial charge in [0.25, 0.3) is 0 Å². The van der Waals surface area contributed by atoms with Crippen LogP contribution >= 0.6 is 15.9 Å². The Hall–Kier alpha value is -2.74. The van der Waals surface area contributed by atoms with Gasteiger partial charge in [-0.25, -0.2) is 0 Å². The predicted molar refractivity (Wildman–Crippen MR) is 114 cm³/mol. The fourth-order valence-electron chi connectivity index (χ4n) is 3.29. The molecule has 8 heteroatoms. The van der Waals surface area contributed by atoms with E-state index in [4.69, 9.17) is 9.47 Å². The first-order chi connectivity index (χ1) is 14.1. The lowest BCUT2D eigenvalue weighted by Gasteiger charge is -2.12. The van der Waals surface area contributed by atoms with Crippen LogP contribution < -0.4 is 4.74 Å². The van der Waals surface area contributed by atoms with E-state index >= 15 is 0 Å². The molecule has 1 aromatic carbocycles. The second-order valence-corrected chi connectivity index (χ2v) is 7.86. The molecule has 30 heavy (non-hydrogen) atoms. The second-order valence-electron chi connectivity index (χ2n) is 6.95. The van der Waals surface area contributed by atoms with Crippen molar-refractivity contribution in [1.82, 2.24) is 4.98 Å². The number of methoxy groups -OCH3 is 1. The molecule has 1 atom stereocenters. The summed E-state index contributed by atoms with van der Waals surface area (Å²) in [6.45, 7) is 6.27. The third-order valence-corrected chi connectivity index (χ3v) is 5.22. The number of aromatic amines is 1. The van der Waals surface area contributed by atoms with Gasteiger partial charge in [0.1, 0.15) is 5.75 Å². The minimum atomic E-state index is -1.05. The Balaban J connectivity index is 2.01. The van der Waals surface area contributed by atoms with Gasteiger partial charge < -0.3 is 14.5 Å². The molecule has 1 unspecified atom stereocenters. The Morgan fingerprint density at radius 1 is 1.13 bits per heavy atom. The van der Waals surface area contributed by atoms with Crippen molar-refractivity contribution in [2.75, 3.05) is 7.11 Å². The summed E-state index contributed by atoms with van der Waals surface area (Å²) in [7, 11) is 1.46. The first kappa shape index (κ1) is 23.5. The third-order valence-electron chi connectivity index (χ3n) is 4.73. The van der Waals surface area contributed by atoms with Crippen LogP contribution in [0.15, 0.2) is 22.7 Å². The molecule has 0 aliphatic rings. The summed E-state index contributed by atoms with van der Waals surface area (Å²) in [5.41, 5.74) is 2.19. The van der Waals surface area contributed by atoms with Gasteiger partial charge in [0.15, 0.2) is 17.7 Å². The van der Waals surface area contributed by atoms with Crippen molar-refractivity contribution in [3.63, 3.8) is 0 Å². The molecule has 7 nitrogen and oxygen atoms in total. The van der Waals surface area contributed by atoms with Crippen LogP contribution in [0.3, 0.4) is 0 Å². The smallest absolute Gasteiger partial charge is 0.306 e. The van der Waals surface area contributed by atoms with E-state index in [1.54, 1.807) is 32.0 Å². The topological polar surface area (TPSA) is 103 Å². The van der Waals surface area contributed by atoms with E-state index in [-0.39, 0.29) is 30.1 Å². The molecule has 0 spiro atoms. The predicted octanol–water partition coefficient (Wildman–Crippen LogP) is 4.38. The molecule has 0 saturated heterocycles. The summed E-state index contributed by atoms with van der Waals surface area (Å²) in [6, 6.07) is 5.03. The van der Waals surface area contributed by atoms with Crippen LogP contribution in [0.25, 0.3) is 0 Å². The number of benzene rings is 1. The molecular weight excluding hydrogens is 454 g/mol. The van der Waals surface area contributed by atoms with Crippen LogP contribution in [0.2, 0.25) is 0 Å². The van der Waals surface area contributed by atoms with E-state index in [1.807, 2.05) is 0 Å². The SMILES string of the molecule is COc1ccc(Br)cc1C(=O)CCC(=O)OC(C)C(=O)c1[nH]c(C)c(C(C)=O)c1C. The molecule has 0 aliphatic carbocycles. The summed E-state index contributed by atoms with van der Waals surface area (Å²) >= 11 is 3.31. The molecule has 2 rings (SSSR count). The lowest BCUT2D eigenvalue weighted by molar-refractivity contribution is -0.146. The molecule has 0 aliphatic heterocycles. The first-order valence-corrected chi connectivity index (χ1v) is 10.2. The minimum Gasteiger partial charge on any atom is -0.496 e. The number of carbonyl (C=O) groups is 4. The molecule has 0 fully saturated rings. The fraction of sp³-hybridized carbons (Fsp3) is 0.364. The van der Waals surface area contributed by atoms with E-state index in [1.165, 1.54) is 21.0 Å². The highest BCUT2D eigenvalue weighted by Crippen LogP contribution is 2.25. The zero-order chi connectivity index (χ0) is 22.6. The van der Waals surface area contributed by atoms with E-state index in [0.717, 1.165) is 4.47 Å². The number of nitrogens with one attached hydrogen (secondary N) is 1. The van der Waals surface area contributed by atoms with Crippen LogP contribution in [0.1, 0.15) is 69.2 Å². The summed E-state index contributed by atoms with van der Waals surface area (Å²) in [5, 5.41) is 0. The van der Waals surface area contributed by atoms with Gasteiger partial charge >= 0.3 is 5.97 Å². The van der Waals surface area contributed by atoms with Crippen molar-refractivity contribution in [3.8, 4) is 5.75 Å². The van der Waals surface area contributed by atoms with Crippen LogP contribution in [0, 0.1) is 13.8 Å². The van der Waals surface area contributed by atoms with Crippen molar-refractivity contribution in [3.05, 3.63) is 50.8 Å². The largest absolute Gasteiger partial charge is 0.496 e. The zero-order valence-electron chi connectivity index (χ0n) is 17.6. The number of Topliss-reactive ketones (excluding diaryl/α,β-unsaturated/α-hetero) is 3. The molecule has 0 amide bonds. The molecule has 1 heterocycles. The van der Waals surface area contributed by atoms with Crippen LogP contribution in [-0.4, -0.2) is 41.5 Å². The monoisotopic (exact) mass is 477 g/mol. The van der Waals surface area contributed by atoms with Gasteiger partial charge in [-0.05, 0) is 51.5 Å². The average molecular weight is 478 g/mol. The van der Waals surface area contributed by atoms with Crippen molar-refractivity contribution in [1.29, 1.82) is 0 Å². The molecule has 160 valence electrons. The molecule has 2 aromatic rings. The van der Waals surface area contributed by atoms with Gasteiger partial charge in [-0.15, -0.1) is 0 Å². The van der Waals surface area contributed by atoms with Crippen molar-refractivity contribution < 1.29 is 28.7 Å². The van der Waals surface area contributed by atoms with Crippen LogP contribution in [-0.2, 0) is 9.53 Å². The highest BCUT2D eigenvalue weighted by atomic mass is 79.9. The molecule has 1 aromatic heterocycles. The number of hydrogen-bond acceptors (Lipinski definition) is 6. The van der Waals surface area contributed by atoms with Gasteiger partial charge in [-0.3, -0.25) is 19.2 Å². The fourth-order valence-corrected chi connectivity index (χ4v) is 3.65. The number of halogens is 1. The molecular formula is C22H24BrNO6. The van der Waals surface area contributed by atoms with E-state index in [9.17, 15) is 19.2 Å². The standard InChI is InChI=1S/C22H24BrNO6/c1-11-20(13(3)25)12(2)24-21(11)22(28)14(4)30-19(27)9-7-17(26)16-10-15(23)6-8-18(16)29-5/h6,8,10,14,24H,7,9H2,1-5H3. The average Bonchev–Trinajstić information content (AvgIpc) is 2.99. The number of esters is 1. The van der Waals surface area contributed by atoms with Gasteiger partial charge in [0, 0.05) is 22.2 Å². The number of hydrogen-bond donors (Lipinski definition) is 1. The maximum absolute atomic E-state index is 12.7. The first-order valence-electron chi connectivity index (χ1n) is 9.37. The Bertz CT molecular complexity index is 1010. The maximum atomic E-state index is 12.7. The number of aryl methyl sites for hydroxylation is 1. The third kappa shape index (κ3) is 5.24. The number of ether oxygens (including phenoxy) is 2. The van der Waals surface area contributed by atoms with Crippen LogP contribution in [0.4, 0.5) is 0 Å². The van der Waals surface area contributed by atoms with Crippen molar-refractivity contribution in [2.45, 2.75) is 46.6 Å². The number of carbonyl (C=O) groups excluding carboxylic acids is 4. The van der Waals surface area contributed by atoms with Crippen LogP contribution in [0.5, 0.6) is 5.75 Å². The lowest BCUT2D eigenvalue weighted by atomic mass is 10.0. The second kappa shape index (κ2) is 9.84. The lowest BCUT2D eigenvalue weighted by Crippen LogP contribution is -2.25. The normalized spacial score (nSPS) is 11.7. The Kier molecular flexibility index (Phi) is 7.72. The number of rotatable bonds is 9. The summed E-state index contributed by atoms with van der Waals surface area (Å²) in [6.07, 6.45) is -1.31. The molecule has 0 saturated carbocycles. The summed E-state index contributed by atoms with van der Waals surface area (Å²) in [4.78, 5) is 51.9. The number of ketones is 3. The van der Waals surface area contributed by atoms with Gasteiger partial charge in [-0.2, -0.15) is 0 Å². The van der Waals surface area contributed by atoms with Crippen molar-refractivity contribution in [2.24, 2.45) is 0 Å². The van der Waals surface area contributed by atoms with Gasteiger partial charge in [0.05, 0.1) is 24.8 Å². The number of aromatic nitrogens is 1. The molecule has 0 radical (unpaired) electrons. The van der Waals surface area contributed by atoms with E-state index < -0.39 is 17.9 Å².